The number of methoxy groups -OCH3 is 1. The van der Waals surface area contributed by atoms with E-state index in [4.69, 9.17) is 9.47 Å². The topological polar surface area (TPSA) is 47.6 Å². The van der Waals surface area contributed by atoms with E-state index in [1.54, 1.807) is 0 Å². The Labute approximate surface area is 117 Å². The van der Waals surface area contributed by atoms with Crippen LogP contribution in [-0.2, 0) is 14.3 Å². The molecule has 0 aromatic rings. The number of carbonyl (C=O) groups is 1. The van der Waals surface area contributed by atoms with Crippen LogP contribution in [0.25, 0.3) is 0 Å². The van der Waals surface area contributed by atoms with Crippen LogP contribution in [0.15, 0.2) is 0 Å². The van der Waals surface area contributed by atoms with Crippen molar-refractivity contribution in [3.05, 3.63) is 0 Å². The molecule has 1 aliphatic carbocycles. The average Bonchev–Trinajstić information content (AvgIpc) is 2.35. The SMILES string of the molecule is COC(=O)C1(NC(C)C)CCCC(OCC(C)C)C1. The summed E-state index contributed by atoms with van der Waals surface area (Å²) in [5.41, 5.74) is -0.567. The molecular formula is C15H29NO3. The van der Waals surface area contributed by atoms with Crippen molar-refractivity contribution in [2.75, 3.05) is 13.7 Å². The van der Waals surface area contributed by atoms with Gasteiger partial charge in [-0.25, -0.2) is 0 Å². The molecule has 1 fully saturated rings. The first-order chi connectivity index (χ1) is 8.89. The summed E-state index contributed by atoms with van der Waals surface area (Å²) in [7, 11) is 1.46. The Morgan fingerprint density at radius 2 is 2.05 bits per heavy atom. The third-order valence-corrected chi connectivity index (χ3v) is 3.51. The molecular weight excluding hydrogens is 242 g/mol. The van der Waals surface area contributed by atoms with Crippen molar-refractivity contribution in [1.29, 1.82) is 0 Å². The van der Waals surface area contributed by atoms with Gasteiger partial charge in [-0.1, -0.05) is 13.8 Å². The van der Waals surface area contributed by atoms with E-state index < -0.39 is 5.54 Å². The molecule has 0 aliphatic heterocycles. The van der Waals surface area contributed by atoms with Crippen LogP contribution in [0.5, 0.6) is 0 Å². The molecule has 0 radical (unpaired) electrons. The lowest BCUT2D eigenvalue weighted by Gasteiger charge is -2.40. The van der Waals surface area contributed by atoms with E-state index in [1.165, 1.54) is 7.11 Å². The number of carbonyl (C=O) groups excluding carboxylic acids is 1. The van der Waals surface area contributed by atoms with Gasteiger partial charge in [-0.2, -0.15) is 0 Å². The fourth-order valence-electron chi connectivity index (χ4n) is 2.82. The highest BCUT2D eigenvalue weighted by molar-refractivity contribution is 5.81. The van der Waals surface area contributed by atoms with Crippen molar-refractivity contribution in [3.63, 3.8) is 0 Å². The molecule has 0 bridgehead atoms. The van der Waals surface area contributed by atoms with E-state index in [0.29, 0.717) is 12.3 Å². The number of nitrogens with one attached hydrogen (secondary N) is 1. The number of esters is 1. The summed E-state index contributed by atoms with van der Waals surface area (Å²) in [6.07, 6.45) is 3.73. The predicted molar refractivity (Wildman–Crippen MR) is 76.1 cm³/mol. The summed E-state index contributed by atoms with van der Waals surface area (Å²) in [6, 6.07) is 0.253. The van der Waals surface area contributed by atoms with Gasteiger partial charge in [-0.15, -0.1) is 0 Å². The highest BCUT2D eigenvalue weighted by Crippen LogP contribution is 2.32. The Morgan fingerprint density at radius 3 is 2.58 bits per heavy atom. The first kappa shape index (κ1) is 16.4. The van der Waals surface area contributed by atoms with Crippen LogP contribution in [0.4, 0.5) is 0 Å². The predicted octanol–water partition coefficient (Wildman–Crippen LogP) is 2.51. The molecule has 1 N–H and O–H groups in total. The Kier molecular flexibility index (Phi) is 6.27. The van der Waals surface area contributed by atoms with Gasteiger partial charge in [0.2, 0.25) is 0 Å². The first-order valence-electron chi connectivity index (χ1n) is 7.37. The number of ether oxygens (including phenoxy) is 2. The quantitative estimate of drug-likeness (QED) is 0.754. The number of hydrogen-bond donors (Lipinski definition) is 1. The minimum Gasteiger partial charge on any atom is -0.468 e. The van der Waals surface area contributed by atoms with E-state index in [1.807, 2.05) is 0 Å². The zero-order chi connectivity index (χ0) is 14.5. The maximum Gasteiger partial charge on any atom is 0.326 e. The summed E-state index contributed by atoms with van der Waals surface area (Å²) in [5.74, 6) is 0.367. The van der Waals surface area contributed by atoms with Crippen molar-refractivity contribution in [3.8, 4) is 0 Å². The molecule has 2 atom stereocenters. The third kappa shape index (κ3) is 4.77. The molecule has 0 saturated heterocycles. The van der Waals surface area contributed by atoms with Gasteiger partial charge >= 0.3 is 5.97 Å². The van der Waals surface area contributed by atoms with E-state index >= 15 is 0 Å². The van der Waals surface area contributed by atoms with Gasteiger partial charge in [-0.3, -0.25) is 10.1 Å². The normalized spacial score (nSPS) is 27.8. The molecule has 112 valence electrons. The van der Waals surface area contributed by atoms with E-state index in [9.17, 15) is 4.79 Å². The minimum absolute atomic E-state index is 0.154. The van der Waals surface area contributed by atoms with Gasteiger partial charge in [0.15, 0.2) is 0 Å². The van der Waals surface area contributed by atoms with E-state index in [0.717, 1.165) is 25.9 Å². The van der Waals surface area contributed by atoms with Gasteiger partial charge in [0.05, 0.1) is 13.2 Å². The largest absolute Gasteiger partial charge is 0.468 e. The molecule has 1 rings (SSSR count). The van der Waals surface area contributed by atoms with Crippen LogP contribution in [0.2, 0.25) is 0 Å². The summed E-state index contributed by atoms with van der Waals surface area (Å²) in [4.78, 5) is 12.2. The molecule has 0 amide bonds. The van der Waals surface area contributed by atoms with Crippen molar-refractivity contribution in [2.24, 2.45) is 5.92 Å². The Balaban J connectivity index is 2.71. The summed E-state index contributed by atoms with van der Waals surface area (Å²) in [5, 5.41) is 3.41. The molecule has 19 heavy (non-hydrogen) atoms. The molecule has 1 saturated carbocycles. The van der Waals surface area contributed by atoms with Gasteiger partial charge in [0.25, 0.3) is 0 Å². The maximum atomic E-state index is 12.2. The number of hydrogen-bond acceptors (Lipinski definition) is 4. The van der Waals surface area contributed by atoms with Crippen LogP contribution in [0, 0.1) is 5.92 Å². The zero-order valence-electron chi connectivity index (χ0n) is 13.0. The Bertz CT molecular complexity index is 291. The van der Waals surface area contributed by atoms with Crippen LogP contribution in [0.1, 0.15) is 53.4 Å². The second-order valence-corrected chi connectivity index (χ2v) is 6.32. The highest BCUT2D eigenvalue weighted by Gasteiger charge is 2.44. The average molecular weight is 271 g/mol. The Morgan fingerprint density at radius 1 is 1.37 bits per heavy atom. The van der Waals surface area contributed by atoms with Gasteiger partial charge in [0.1, 0.15) is 5.54 Å². The minimum atomic E-state index is -0.567. The fourth-order valence-corrected chi connectivity index (χ4v) is 2.82. The standard InChI is InChI=1S/C15H29NO3/c1-11(2)10-19-13-7-6-8-15(9-13,14(17)18-5)16-12(3)4/h11-13,16H,6-10H2,1-5H3. The lowest BCUT2D eigenvalue weighted by Crippen LogP contribution is -2.58. The molecule has 0 spiro atoms. The Hall–Kier alpha value is -0.610. The highest BCUT2D eigenvalue weighted by atomic mass is 16.5. The zero-order valence-corrected chi connectivity index (χ0v) is 13.0. The van der Waals surface area contributed by atoms with E-state index in [-0.39, 0.29) is 18.1 Å². The monoisotopic (exact) mass is 271 g/mol. The molecule has 0 aromatic carbocycles. The number of rotatable bonds is 6. The van der Waals surface area contributed by atoms with Crippen molar-refractivity contribution in [1.82, 2.24) is 5.32 Å². The van der Waals surface area contributed by atoms with Crippen molar-refractivity contribution >= 4 is 5.97 Å². The molecule has 0 aromatic heterocycles. The second kappa shape index (κ2) is 7.25. The summed E-state index contributed by atoms with van der Waals surface area (Å²) >= 11 is 0. The maximum absolute atomic E-state index is 12.2. The summed E-state index contributed by atoms with van der Waals surface area (Å²) < 4.78 is 10.9. The van der Waals surface area contributed by atoms with Crippen molar-refractivity contribution < 1.29 is 14.3 Å². The second-order valence-electron chi connectivity index (χ2n) is 6.32. The molecule has 0 heterocycles. The van der Waals surface area contributed by atoms with Crippen LogP contribution in [0.3, 0.4) is 0 Å². The van der Waals surface area contributed by atoms with Crippen LogP contribution in [-0.4, -0.2) is 37.4 Å². The summed E-state index contributed by atoms with van der Waals surface area (Å²) in [6.45, 7) is 9.15. The molecule has 2 unspecified atom stereocenters. The molecule has 4 heteroatoms. The molecule has 4 nitrogen and oxygen atoms in total. The smallest absolute Gasteiger partial charge is 0.326 e. The van der Waals surface area contributed by atoms with Gasteiger partial charge in [0, 0.05) is 19.1 Å². The third-order valence-electron chi connectivity index (χ3n) is 3.51. The first-order valence-corrected chi connectivity index (χ1v) is 7.37. The van der Waals surface area contributed by atoms with E-state index in [2.05, 4.69) is 33.0 Å². The fraction of sp³-hybridized carbons (Fsp3) is 0.933. The van der Waals surface area contributed by atoms with Crippen LogP contribution >= 0.6 is 0 Å². The van der Waals surface area contributed by atoms with Crippen LogP contribution < -0.4 is 5.32 Å². The van der Waals surface area contributed by atoms with Crippen molar-refractivity contribution in [2.45, 2.75) is 71.1 Å². The lowest BCUT2D eigenvalue weighted by molar-refractivity contribution is -0.153. The van der Waals surface area contributed by atoms with Gasteiger partial charge < -0.3 is 9.47 Å². The van der Waals surface area contributed by atoms with Gasteiger partial charge in [-0.05, 0) is 39.0 Å². The lowest BCUT2D eigenvalue weighted by atomic mass is 9.79. The molecule has 1 aliphatic rings.